The van der Waals surface area contributed by atoms with Crippen LogP contribution < -0.4 is 4.90 Å². The minimum atomic E-state index is -0.867. The fraction of sp³-hybridized carbons (Fsp3) is 0.300. The first-order valence-corrected chi connectivity index (χ1v) is 5.86. The summed E-state index contributed by atoms with van der Waals surface area (Å²) in [6.07, 6.45) is 0.0313. The molecule has 0 fully saturated rings. The molecule has 0 saturated heterocycles. The van der Waals surface area contributed by atoms with Crippen molar-refractivity contribution in [3.8, 4) is 0 Å². The Bertz CT molecular complexity index is 450. The Morgan fingerprint density at radius 1 is 1.59 bits per heavy atom. The number of nitro benzene ring substituents is 1. The van der Waals surface area contributed by atoms with E-state index in [0.29, 0.717) is 6.54 Å². The minimum absolute atomic E-state index is 0.0313. The van der Waals surface area contributed by atoms with Crippen molar-refractivity contribution in [1.82, 2.24) is 0 Å². The fourth-order valence-corrected chi connectivity index (χ4v) is 2.21. The van der Waals surface area contributed by atoms with Gasteiger partial charge in [0.05, 0.1) is 17.0 Å². The molecule has 0 amide bonds. The highest BCUT2D eigenvalue weighted by Gasteiger charge is 2.12. The van der Waals surface area contributed by atoms with Crippen LogP contribution in [-0.4, -0.2) is 29.6 Å². The summed E-state index contributed by atoms with van der Waals surface area (Å²) in [5.74, 6) is -0.867. The monoisotopic (exact) mass is 350 g/mol. The van der Waals surface area contributed by atoms with Crippen LogP contribution in [-0.2, 0) is 4.79 Å². The lowest BCUT2D eigenvalue weighted by atomic mass is 10.2. The molecule has 0 aromatic heterocycles. The summed E-state index contributed by atoms with van der Waals surface area (Å²) in [4.78, 5) is 22.3. The maximum atomic E-state index is 10.6. The Hall–Kier alpha value is -1.38. The van der Waals surface area contributed by atoms with E-state index in [2.05, 4.69) is 0 Å². The normalized spacial score (nSPS) is 10.0. The summed E-state index contributed by atoms with van der Waals surface area (Å²) < 4.78 is 0.727. The molecule has 0 bridgehead atoms. The summed E-state index contributed by atoms with van der Waals surface area (Å²) in [5, 5.41) is 19.1. The molecule has 92 valence electrons. The maximum Gasteiger partial charge on any atom is 0.305 e. The van der Waals surface area contributed by atoms with Crippen molar-refractivity contribution >= 4 is 39.9 Å². The van der Waals surface area contributed by atoms with Crippen molar-refractivity contribution in [2.75, 3.05) is 18.5 Å². The fourth-order valence-electron chi connectivity index (χ4n) is 1.30. The number of carbonyl (C=O) groups is 1. The highest BCUT2D eigenvalue weighted by molar-refractivity contribution is 14.1. The van der Waals surface area contributed by atoms with Gasteiger partial charge in [-0.15, -0.1) is 0 Å². The highest BCUT2D eigenvalue weighted by Crippen LogP contribution is 2.26. The van der Waals surface area contributed by atoms with Gasteiger partial charge in [-0.25, -0.2) is 0 Å². The van der Waals surface area contributed by atoms with E-state index in [1.54, 1.807) is 18.0 Å². The second-order valence-electron chi connectivity index (χ2n) is 3.46. The van der Waals surface area contributed by atoms with E-state index < -0.39 is 10.9 Å². The van der Waals surface area contributed by atoms with Crippen LogP contribution in [0.3, 0.4) is 0 Å². The van der Waals surface area contributed by atoms with E-state index in [1.807, 2.05) is 22.6 Å². The van der Waals surface area contributed by atoms with Crippen LogP contribution in [0.15, 0.2) is 18.2 Å². The molecule has 6 nitrogen and oxygen atoms in total. The Kier molecular flexibility index (Phi) is 4.67. The molecular formula is C10H11IN2O4. The van der Waals surface area contributed by atoms with Gasteiger partial charge in [0, 0.05) is 29.3 Å². The van der Waals surface area contributed by atoms with E-state index in [9.17, 15) is 14.9 Å². The lowest BCUT2D eigenvalue weighted by molar-refractivity contribution is -0.384. The van der Waals surface area contributed by atoms with Gasteiger partial charge in [-0.05, 0) is 28.7 Å². The molecule has 0 atom stereocenters. The van der Waals surface area contributed by atoms with Gasteiger partial charge in [0.25, 0.3) is 5.69 Å². The number of carboxylic acid groups (broad SMARTS) is 1. The number of nitrogens with zero attached hydrogens (tertiary/aromatic N) is 2. The van der Waals surface area contributed by atoms with E-state index in [-0.39, 0.29) is 12.1 Å². The predicted octanol–water partition coefficient (Wildman–Crippen LogP) is 2.11. The number of halogens is 1. The molecule has 1 aromatic rings. The highest BCUT2D eigenvalue weighted by atomic mass is 127. The molecule has 0 radical (unpaired) electrons. The van der Waals surface area contributed by atoms with Gasteiger partial charge in [-0.2, -0.15) is 0 Å². The number of nitro groups is 1. The number of carboxylic acids is 1. The van der Waals surface area contributed by atoms with Crippen LogP contribution in [0.25, 0.3) is 0 Å². The second-order valence-corrected chi connectivity index (χ2v) is 4.62. The smallest absolute Gasteiger partial charge is 0.305 e. The van der Waals surface area contributed by atoms with Crippen molar-refractivity contribution in [2.45, 2.75) is 6.42 Å². The number of hydrogen-bond acceptors (Lipinski definition) is 4. The first kappa shape index (κ1) is 13.7. The first-order valence-electron chi connectivity index (χ1n) is 4.78. The molecule has 0 aliphatic rings. The molecule has 0 aliphatic heterocycles. The van der Waals surface area contributed by atoms with E-state index in [0.717, 1.165) is 9.26 Å². The van der Waals surface area contributed by atoms with Crippen LogP contribution in [0, 0.1) is 13.7 Å². The Morgan fingerprint density at radius 2 is 2.24 bits per heavy atom. The van der Waals surface area contributed by atoms with Gasteiger partial charge in [-0.3, -0.25) is 14.9 Å². The molecule has 0 unspecified atom stereocenters. The zero-order valence-electron chi connectivity index (χ0n) is 9.09. The van der Waals surface area contributed by atoms with Gasteiger partial charge >= 0.3 is 5.97 Å². The molecular weight excluding hydrogens is 339 g/mol. The minimum Gasteiger partial charge on any atom is -0.481 e. The van der Waals surface area contributed by atoms with Gasteiger partial charge in [0.15, 0.2) is 0 Å². The van der Waals surface area contributed by atoms with Crippen LogP contribution in [0.5, 0.6) is 0 Å². The van der Waals surface area contributed by atoms with Gasteiger partial charge in [-0.1, -0.05) is 0 Å². The number of hydrogen-bond donors (Lipinski definition) is 1. The molecule has 1 aromatic carbocycles. The second kappa shape index (κ2) is 5.80. The third-order valence-corrected chi connectivity index (χ3v) is 3.08. The van der Waals surface area contributed by atoms with Crippen molar-refractivity contribution in [1.29, 1.82) is 0 Å². The van der Waals surface area contributed by atoms with Crippen LogP contribution in [0.1, 0.15) is 6.42 Å². The molecule has 1 N–H and O–H groups in total. The summed E-state index contributed by atoms with van der Waals surface area (Å²) in [7, 11) is 1.76. The molecule has 0 saturated carbocycles. The van der Waals surface area contributed by atoms with Gasteiger partial charge < -0.3 is 10.0 Å². The van der Waals surface area contributed by atoms with Crippen molar-refractivity contribution in [3.05, 3.63) is 31.9 Å². The number of anilines is 1. The summed E-state index contributed by atoms with van der Waals surface area (Å²) in [6, 6.07) is 4.50. The molecule has 0 spiro atoms. The molecule has 17 heavy (non-hydrogen) atoms. The summed E-state index contributed by atoms with van der Waals surface area (Å²) in [5.41, 5.74) is 0.822. The van der Waals surface area contributed by atoms with Crippen LogP contribution >= 0.6 is 22.6 Å². The topological polar surface area (TPSA) is 83.7 Å². The third kappa shape index (κ3) is 3.84. The zero-order valence-corrected chi connectivity index (χ0v) is 11.2. The quantitative estimate of drug-likeness (QED) is 0.500. The number of aliphatic carboxylic acids is 1. The lowest BCUT2D eigenvalue weighted by Gasteiger charge is -2.19. The summed E-state index contributed by atoms with van der Waals surface area (Å²) in [6.45, 7) is 0.364. The van der Waals surface area contributed by atoms with E-state index in [1.165, 1.54) is 12.1 Å². The SMILES string of the molecule is CN(CCC(=O)O)c1ccc([N+](=O)[O-])cc1I. The third-order valence-electron chi connectivity index (χ3n) is 2.21. The predicted molar refractivity (Wildman–Crippen MR) is 71.3 cm³/mol. The Morgan fingerprint density at radius 3 is 2.71 bits per heavy atom. The molecule has 7 heteroatoms. The molecule has 0 heterocycles. The summed E-state index contributed by atoms with van der Waals surface area (Å²) >= 11 is 2.00. The largest absolute Gasteiger partial charge is 0.481 e. The average Bonchev–Trinajstić information content (AvgIpc) is 2.25. The van der Waals surface area contributed by atoms with Crippen molar-refractivity contribution < 1.29 is 14.8 Å². The van der Waals surface area contributed by atoms with E-state index in [4.69, 9.17) is 5.11 Å². The van der Waals surface area contributed by atoms with Crippen LogP contribution in [0.2, 0.25) is 0 Å². The Balaban J connectivity index is 2.84. The molecule has 1 rings (SSSR count). The standard InChI is InChI=1S/C10H11IN2O4/c1-12(5-4-10(14)15)9-3-2-7(13(16)17)6-8(9)11/h2-3,6H,4-5H2,1H3,(H,14,15). The first-order chi connectivity index (χ1) is 7.91. The van der Waals surface area contributed by atoms with Gasteiger partial charge in [0.1, 0.15) is 0 Å². The van der Waals surface area contributed by atoms with Crippen molar-refractivity contribution in [3.63, 3.8) is 0 Å². The number of rotatable bonds is 5. The zero-order chi connectivity index (χ0) is 13.0. The van der Waals surface area contributed by atoms with E-state index >= 15 is 0 Å². The van der Waals surface area contributed by atoms with Gasteiger partial charge in [0.2, 0.25) is 0 Å². The average molecular weight is 350 g/mol. The number of non-ortho nitro benzene ring substituents is 1. The molecule has 0 aliphatic carbocycles. The number of benzene rings is 1. The Labute approximate surface area is 112 Å². The van der Waals surface area contributed by atoms with Crippen molar-refractivity contribution in [2.24, 2.45) is 0 Å². The lowest BCUT2D eigenvalue weighted by Crippen LogP contribution is -2.21. The van der Waals surface area contributed by atoms with Crippen LogP contribution in [0.4, 0.5) is 11.4 Å². The maximum absolute atomic E-state index is 10.6.